The Kier molecular flexibility index (Phi) is 0.927. The first kappa shape index (κ1) is 4.85. The predicted octanol–water partition coefficient (Wildman–Crippen LogP) is 0.455. The zero-order chi connectivity index (χ0) is 5.33. The molecule has 0 N–H and O–H groups in total. The fourth-order valence-electron chi connectivity index (χ4n) is 0.729. The van der Waals surface area contributed by atoms with Crippen molar-refractivity contribution in [1.29, 1.82) is 0 Å². The van der Waals surface area contributed by atoms with E-state index in [1.165, 1.54) is 6.08 Å². The molecule has 0 aromatic carbocycles. The van der Waals surface area contributed by atoms with Gasteiger partial charge < -0.3 is 5.11 Å². The minimum Gasteiger partial charge on any atom is -0.846 e. The van der Waals surface area contributed by atoms with Crippen molar-refractivity contribution in [2.45, 2.75) is 24.9 Å². The summed E-state index contributed by atoms with van der Waals surface area (Å²) in [5.74, 6) is 0. The smallest absolute Gasteiger partial charge is 0.0543 e. The highest BCUT2D eigenvalue weighted by molar-refractivity contribution is 5.00. The Bertz CT molecular complexity index is 82.2. The number of hydrogen-bond acceptors (Lipinski definition) is 1. The molecule has 1 heteroatoms. The Labute approximate surface area is 43.7 Å². The largest absolute Gasteiger partial charge is 0.846 e. The summed E-state index contributed by atoms with van der Waals surface area (Å²) in [6, 6.07) is 0. The maximum atomic E-state index is 10.8. The van der Waals surface area contributed by atoms with Gasteiger partial charge in [-0.2, -0.15) is 0 Å². The van der Waals surface area contributed by atoms with E-state index in [0.717, 1.165) is 19.3 Å². The summed E-state index contributed by atoms with van der Waals surface area (Å²) in [5.41, 5.74) is -0.722. The lowest BCUT2D eigenvalue weighted by Gasteiger charge is -2.46. The molecule has 0 spiro atoms. The van der Waals surface area contributed by atoms with Crippen LogP contribution in [0, 0.1) is 0 Å². The van der Waals surface area contributed by atoms with Crippen LogP contribution in [0.1, 0.15) is 19.3 Å². The second kappa shape index (κ2) is 1.34. The van der Waals surface area contributed by atoms with Crippen LogP contribution in [0.25, 0.3) is 0 Å². The molecule has 0 heterocycles. The number of hydrogen-bond donors (Lipinski definition) is 0. The summed E-state index contributed by atoms with van der Waals surface area (Å²) in [4.78, 5) is 0. The van der Waals surface area contributed by atoms with Crippen LogP contribution in [0.15, 0.2) is 12.7 Å². The van der Waals surface area contributed by atoms with Crippen LogP contribution in [0.2, 0.25) is 0 Å². The molecule has 0 atom stereocenters. The van der Waals surface area contributed by atoms with Crippen LogP contribution >= 0.6 is 0 Å². The molecule has 1 saturated carbocycles. The third-order valence-electron chi connectivity index (χ3n) is 1.57. The maximum Gasteiger partial charge on any atom is -0.0543 e. The van der Waals surface area contributed by atoms with Gasteiger partial charge in [-0.1, -0.05) is 24.9 Å². The number of rotatable bonds is 1. The second-order valence-electron chi connectivity index (χ2n) is 2.12. The van der Waals surface area contributed by atoms with Crippen molar-refractivity contribution in [3.8, 4) is 0 Å². The van der Waals surface area contributed by atoms with E-state index in [1.807, 2.05) is 0 Å². The third-order valence-corrected chi connectivity index (χ3v) is 1.57. The van der Waals surface area contributed by atoms with Gasteiger partial charge >= 0.3 is 0 Å². The quantitative estimate of drug-likeness (QED) is 0.436. The van der Waals surface area contributed by atoms with E-state index in [1.54, 1.807) is 0 Å². The molecule has 0 saturated heterocycles. The predicted molar refractivity (Wildman–Crippen MR) is 26.8 cm³/mol. The summed E-state index contributed by atoms with van der Waals surface area (Å²) < 4.78 is 0. The Morgan fingerprint density at radius 3 is 2.14 bits per heavy atom. The monoisotopic (exact) mass is 97.1 g/mol. The van der Waals surface area contributed by atoms with Gasteiger partial charge in [0.25, 0.3) is 0 Å². The van der Waals surface area contributed by atoms with Crippen molar-refractivity contribution < 1.29 is 5.11 Å². The fourth-order valence-corrected chi connectivity index (χ4v) is 0.729. The lowest BCUT2D eigenvalue weighted by atomic mass is 9.81. The van der Waals surface area contributed by atoms with Crippen molar-refractivity contribution in [3.63, 3.8) is 0 Å². The lowest BCUT2D eigenvalue weighted by molar-refractivity contribution is -0.478. The lowest BCUT2D eigenvalue weighted by Crippen LogP contribution is -2.47. The fraction of sp³-hybridized carbons (Fsp3) is 0.667. The Balaban J connectivity index is 2.43. The summed E-state index contributed by atoms with van der Waals surface area (Å²) in [7, 11) is 0. The Morgan fingerprint density at radius 2 is 2.14 bits per heavy atom. The zero-order valence-corrected chi connectivity index (χ0v) is 4.31. The molecular weight excluding hydrogens is 88.1 g/mol. The molecule has 40 valence electrons. The average molecular weight is 97.1 g/mol. The molecule has 1 aliphatic carbocycles. The third kappa shape index (κ3) is 0.682. The van der Waals surface area contributed by atoms with Crippen molar-refractivity contribution in [1.82, 2.24) is 0 Å². The molecule has 0 aromatic heterocycles. The van der Waals surface area contributed by atoms with Crippen molar-refractivity contribution >= 4 is 0 Å². The summed E-state index contributed by atoms with van der Waals surface area (Å²) in [6.07, 6.45) is 4.22. The zero-order valence-electron chi connectivity index (χ0n) is 4.31. The summed E-state index contributed by atoms with van der Waals surface area (Å²) in [5, 5.41) is 10.8. The van der Waals surface area contributed by atoms with Crippen LogP contribution in [-0.4, -0.2) is 5.60 Å². The minimum atomic E-state index is -0.722. The van der Waals surface area contributed by atoms with Crippen molar-refractivity contribution in [2.24, 2.45) is 0 Å². The molecule has 1 fully saturated rings. The minimum absolute atomic E-state index is 0.722. The molecule has 0 aromatic rings. The summed E-state index contributed by atoms with van der Waals surface area (Å²) >= 11 is 0. The van der Waals surface area contributed by atoms with E-state index in [9.17, 15) is 5.11 Å². The van der Waals surface area contributed by atoms with Gasteiger partial charge in [-0.25, -0.2) is 0 Å². The Hall–Kier alpha value is -0.300. The van der Waals surface area contributed by atoms with Gasteiger partial charge in [-0.15, -0.1) is 12.7 Å². The van der Waals surface area contributed by atoms with Gasteiger partial charge in [0.15, 0.2) is 0 Å². The molecule has 1 rings (SSSR count). The van der Waals surface area contributed by atoms with Crippen LogP contribution in [0.5, 0.6) is 0 Å². The van der Waals surface area contributed by atoms with Gasteiger partial charge in [-0.3, -0.25) is 0 Å². The van der Waals surface area contributed by atoms with Crippen LogP contribution < -0.4 is 5.11 Å². The van der Waals surface area contributed by atoms with E-state index in [0.29, 0.717) is 0 Å². The molecule has 0 aliphatic heterocycles. The highest BCUT2D eigenvalue weighted by Crippen LogP contribution is 2.28. The van der Waals surface area contributed by atoms with E-state index < -0.39 is 5.60 Å². The molecule has 0 bridgehead atoms. The molecule has 0 unspecified atom stereocenters. The van der Waals surface area contributed by atoms with Gasteiger partial charge in [0, 0.05) is 0 Å². The first-order valence-electron chi connectivity index (χ1n) is 2.61. The standard InChI is InChI=1S/C6H9O/c1-2-6(7)4-3-5-6/h2H,1,3-5H2/q-1. The second-order valence-corrected chi connectivity index (χ2v) is 2.12. The van der Waals surface area contributed by atoms with E-state index in [2.05, 4.69) is 6.58 Å². The van der Waals surface area contributed by atoms with Gasteiger partial charge in [0.1, 0.15) is 0 Å². The normalized spacial score (nSPS) is 25.9. The SMILES string of the molecule is C=CC1([O-])CCC1. The van der Waals surface area contributed by atoms with E-state index in [-0.39, 0.29) is 0 Å². The topological polar surface area (TPSA) is 23.1 Å². The Morgan fingerprint density at radius 1 is 1.57 bits per heavy atom. The molecule has 0 amide bonds. The molecule has 7 heavy (non-hydrogen) atoms. The van der Waals surface area contributed by atoms with Crippen LogP contribution in [0.4, 0.5) is 0 Å². The molecule has 1 aliphatic rings. The van der Waals surface area contributed by atoms with Gasteiger partial charge in [0.2, 0.25) is 0 Å². The van der Waals surface area contributed by atoms with Gasteiger partial charge in [0.05, 0.1) is 0 Å². The van der Waals surface area contributed by atoms with Gasteiger partial charge in [-0.05, 0) is 0 Å². The van der Waals surface area contributed by atoms with Crippen molar-refractivity contribution in [2.75, 3.05) is 0 Å². The van der Waals surface area contributed by atoms with Crippen LogP contribution in [0.3, 0.4) is 0 Å². The molecular formula is C6H9O-. The molecule has 1 nitrogen and oxygen atoms in total. The highest BCUT2D eigenvalue weighted by atomic mass is 16.3. The highest BCUT2D eigenvalue weighted by Gasteiger charge is 2.19. The molecule has 0 radical (unpaired) electrons. The first-order valence-corrected chi connectivity index (χ1v) is 2.61. The van der Waals surface area contributed by atoms with E-state index in [4.69, 9.17) is 0 Å². The van der Waals surface area contributed by atoms with E-state index >= 15 is 0 Å². The van der Waals surface area contributed by atoms with Crippen molar-refractivity contribution in [3.05, 3.63) is 12.7 Å². The maximum absolute atomic E-state index is 10.8. The van der Waals surface area contributed by atoms with Crippen LogP contribution in [-0.2, 0) is 0 Å². The average Bonchev–Trinajstić information content (AvgIpc) is 1.61. The summed E-state index contributed by atoms with van der Waals surface area (Å²) in [6.45, 7) is 3.44. The first-order chi connectivity index (χ1) is 3.27.